The van der Waals surface area contributed by atoms with E-state index in [2.05, 4.69) is 37.4 Å². The molecule has 1 amide bonds. The number of fused-ring (bicyclic) bond motifs is 1. The van der Waals surface area contributed by atoms with E-state index in [9.17, 15) is 15.2 Å². The average Bonchev–Trinajstić information content (AvgIpc) is 3.40. The Kier molecular flexibility index (Phi) is 5.71. The fourth-order valence-corrected chi connectivity index (χ4v) is 3.96. The maximum atomic E-state index is 12.9. The highest BCUT2D eigenvalue weighted by Gasteiger charge is 2.52. The number of amides is 1. The number of nitrogens with two attached hydrogens (primary N) is 1. The van der Waals surface area contributed by atoms with Gasteiger partial charge < -0.3 is 25.6 Å². The van der Waals surface area contributed by atoms with Crippen molar-refractivity contribution >= 4 is 11.6 Å². The van der Waals surface area contributed by atoms with E-state index in [1.165, 1.54) is 5.56 Å². The second-order valence-electron chi connectivity index (χ2n) is 8.48. The normalized spacial score (nSPS) is 20.0. The zero-order valence-electron chi connectivity index (χ0n) is 17.8. The van der Waals surface area contributed by atoms with Crippen LogP contribution in [0.25, 0.3) is 11.1 Å². The molecule has 162 valence electrons. The zero-order chi connectivity index (χ0) is 22.2. The molecule has 1 saturated heterocycles. The second kappa shape index (κ2) is 8.31. The molecule has 0 saturated carbocycles. The maximum absolute atomic E-state index is 12.9. The Balaban J connectivity index is 1.69. The fraction of sp³-hybridized carbons (Fsp3) is 0.417. The third-order valence-corrected chi connectivity index (χ3v) is 5.98. The third kappa shape index (κ3) is 4.15. The Labute approximate surface area is 181 Å². The number of carbonyl (C=O) groups is 1. The van der Waals surface area contributed by atoms with Gasteiger partial charge in [-0.2, -0.15) is 5.26 Å². The Morgan fingerprint density at radius 3 is 2.65 bits per heavy atom. The molecule has 2 heterocycles. The number of ether oxygens (including phenoxy) is 2. The van der Waals surface area contributed by atoms with Gasteiger partial charge in [0, 0.05) is 17.5 Å². The Hall–Kier alpha value is -2.92. The molecule has 0 radical (unpaired) electrons. The van der Waals surface area contributed by atoms with Crippen LogP contribution < -0.4 is 15.8 Å². The number of carbonyl (C=O) groups excluding carboxylic acids is 1. The summed E-state index contributed by atoms with van der Waals surface area (Å²) in [5.74, 6) is 0.800. The lowest BCUT2D eigenvalue weighted by Gasteiger charge is -2.17. The van der Waals surface area contributed by atoms with Crippen LogP contribution in [0.1, 0.15) is 49.3 Å². The number of anilines is 1. The molecule has 2 aromatic rings. The van der Waals surface area contributed by atoms with Gasteiger partial charge in [-0.25, -0.2) is 0 Å². The molecule has 0 spiro atoms. The van der Waals surface area contributed by atoms with E-state index in [1.54, 1.807) is 6.07 Å². The molecule has 2 aliphatic heterocycles. The molecule has 1 fully saturated rings. The average molecular weight is 421 g/mol. The molecule has 31 heavy (non-hydrogen) atoms. The van der Waals surface area contributed by atoms with Gasteiger partial charge in [0.25, 0.3) is 5.91 Å². The number of aliphatic hydroxyl groups is 1. The van der Waals surface area contributed by atoms with Crippen LogP contribution in [0, 0.1) is 11.3 Å². The highest BCUT2D eigenvalue weighted by atomic mass is 16.6. The summed E-state index contributed by atoms with van der Waals surface area (Å²) in [4.78, 5) is 12.9. The predicted molar refractivity (Wildman–Crippen MR) is 117 cm³/mol. The third-order valence-electron chi connectivity index (χ3n) is 5.98. The summed E-state index contributed by atoms with van der Waals surface area (Å²) >= 11 is 0. The lowest BCUT2D eigenvalue weighted by molar-refractivity contribution is -0.121. The highest BCUT2D eigenvalue weighted by molar-refractivity contribution is 6.01. The number of nitrogens with zero attached hydrogens (tertiary/aromatic N) is 1. The molecule has 2 aromatic carbocycles. The summed E-state index contributed by atoms with van der Waals surface area (Å²) < 4.78 is 11.3. The first-order chi connectivity index (χ1) is 14.8. The van der Waals surface area contributed by atoms with Crippen molar-refractivity contribution in [3.05, 3.63) is 47.0 Å². The summed E-state index contributed by atoms with van der Waals surface area (Å²) in [7, 11) is 0. The minimum atomic E-state index is -0.999. The van der Waals surface area contributed by atoms with Crippen molar-refractivity contribution in [1.29, 1.82) is 5.26 Å². The largest absolute Gasteiger partial charge is 0.492 e. The molecule has 2 aliphatic rings. The van der Waals surface area contributed by atoms with Crippen LogP contribution >= 0.6 is 0 Å². The highest BCUT2D eigenvalue weighted by Crippen LogP contribution is 2.43. The van der Waals surface area contributed by atoms with E-state index in [0.29, 0.717) is 42.4 Å². The summed E-state index contributed by atoms with van der Waals surface area (Å²) in [6.45, 7) is 5.06. The van der Waals surface area contributed by atoms with Gasteiger partial charge in [-0.1, -0.05) is 38.1 Å². The van der Waals surface area contributed by atoms with Crippen molar-refractivity contribution in [3.8, 4) is 22.9 Å². The van der Waals surface area contributed by atoms with Crippen molar-refractivity contribution in [2.24, 2.45) is 5.73 Å². The molecule has 7 heteroatoms. The van der Waals surface area contributed by atoms with Gasteiger partial charge in [0.15, 0.2) is 5.60 Å². The van der Waals surface area contributed by atoms with Crippen molar-refractivity contribution in [2.45, 2.75) is 50.9 Å². The first kappa shape index (κ1) is 21.3. The van der Waals surface area contributed by atoms with Gasteiger partial charge in [0.1, 0.15) is 18.0 Å². The number of hydrogen-bond acceptors (Lipinski definition) is 6. The van der Waals surface area contributed by atoms with Gasteiger partial charge in [0.2, 0.25) is 0 Å². The van der Waals surface area contributed by atoms with Gasteiger partial charge in [-0.05, 0) is 36.0 Å². The molecule has 2 unspecified atom stereocenters. The Bertz CT molecular complexity index is 1030. The Morgan fingerprint density at radius 1 is 1.35 bits per heavy atom. The quantitative estimate of drug-likeness (QED) is 0.467. The van der Waals surface area contributed by atoms with Gasteiger partial charge in [0.05, 0.1) is 24.5 Å². The number of nitriles is 1. The molecule has 0 aliphatic carbocycles. The number of benzene rings is 2. The van der Waals surface area contributed by atoms with E-state index in [1.807, 2.05) is 12.1 Å². The lowest BCUT2D eigenvalue weighted by atomic mass is 9.93. The summed E-state index contributed by atoms with van der Waals surface area (Å²) in [5, 5.41) is 22.1. The number of nitrogens with one attached hydrogen (secondary N) is 1. The van der Waals surface area contributed by atoms with Crippen molar-refractivity contribution in [3.63, 3.8) is 0 Å². The Morgan fingerprint density at radius 2 is 2.06 bits per heavy atom. The molecule has 7 nitrogen and oxygen atoms in total. The van der Waals surface area contributed by atoms with Crippen LogP contribution in [-0.2, 0) is 16.0 Å². The molecule has 4 rings (SSSR count). The summed E-state index contributed by atoms with van der Waals surface area (Å²) in [6, 6.07) is 12.3. The summed E-state index contributed by atoms with van der Waals surface area (Å²) in [5.41, 5.74) is 9.13. The number of hydrogen-bond donors (Lipinski definition) is 3. The second-order valence-corrected chi connectivity index (χ2v) is 8.48. The molecular formula is C24H27N3O4. The van der Waals surface area contributed by atoms with Crippen LogP contribution in [-0.4, -0.2) is 36.1 Å². The lowest BCUT2D eigenvalue weighted by Crippen LogP contribution is -2.33. The topological polar surface area (TPSA) is 121 Å². The molecule has 0 aromatic heterocycles. The minimum Gasteiger partial charge on any atom is -0.492 e. The van der Waals surface area contributed by atoms with E-state index < -0.39 is 11.8 Å². The van der Waals surface area contributed by atoms with Crippen molar-refractivity contribution in [2.75, 3.05) is 18.5 Å². The maximum Gasteiger partial charge on any atom is 0.259 e. The standard InChI is InChI=1S/C24H27N3O4/c1-14(2)15-3-5-16(6-4-15)18-11-20(19(12-25)17-8-10-30-22(17)18)27-23(29)24(13-31-24)9-7-21(26)28/h3-6,11,14,21,28H,7-10,13,26H2,1-2H3,(H,27,29). The van der Waals surface area contributed by atoms with Crippen molar-refractivity contribution in [1.82, 2.24) is 0 Å². The van der Waals surface area contributed by atoms with E-state index in [0.717, 1.165) is 16.7 Å². The summed E-state index contributed by atoms with van der Waals surface area (Å²) in [6.07, 6.45) is 0.182. The first-order valence-electron chi connectivity index (χ1n) is 10.6. The van der Waals surface area contributed by atoms with Gasteiger partial charge >= 0.3 is 0 Å². The van der Waals surface area contributed by atoms with Gasteiger partial charge in [-0.3, -0.25) is 4.79 Å². The molecule has 4 N–H and O–H groups in total. The van der Waals surface area contributed by atoms with Crippen LogP contribution in [0.15, 0.2) is 30.3 Å². The molecule has 0 bridgehead atoms. The number of rotatable bonds is 7. The predicted octanol–water partition coefficient (Wildman–Crippen LogP) is 3.05. The smallest absolute Gasteiger partial charge is 0.259 e. The van der Waals surface area contributed by atoms with E-state index in [4.69, 9.17) is 15.2 Å². The number of aliphatic hydroxyl groups excluding tert-OH is 1. The van der Waals surface area contributed by atoms with Crippen LogP contribution in [0.2, 0.25) is 0 Å². The van der Waals surface area contributed by atoms with Gasteiger partial charge in [-0.15, -0.1) is 0 Å². The number of epoxide rings is 1. The molecular weight excluding hydrogens is 394 g/mol. The van der Waals surface area contributed by atoms with Crippen LogP contribution in [0.5, 0.6) is 5.75 Å². The van der Waals surface area contributed by atoms with Crippen LogP contribution in [0.3, 0.4) is 0 Å². The fourth-order valence-electron chi connectivity index (χ4n) is 3.96. The minimum absolute atomic E-state index is 0.254. The van der Waals surface area contributed by atoms with E-state index >= 15 is 0 Å². The van der Waals surface area contributed by atoms with E-state index in [-0.39, 0.29) is 18.9 Å². The monoisotopic (exact) mass is 421 g/mol. The van der Waals surface area contributed by atoms with Crippen molar-refractivity contribution < 1.29 is 19.4 Å². The SMILES string of the molecule is CC(C)c1ccc(-c2cc(NC(=O)C3(CCC(N)O)CO3)c(C#N)c3c2OCC3)cc1. The molecule has 2 atom stereocenters. The van der Waals surface area contributed by atoms with Crippen LogP contribution in [0.4, 0.5) is 5.69 Å². The first-order valence-corrected chi connectivity index (χ1v) is 10.6. The zero-order valence-corrected chi connectivity index (χ0v) is 17.8.